The molecule has 0 aromatic carbocycles. The van der Waals surface area contributed by atoms with Crippen molar-refractivity contribution in [1.82, 2.24) is 14.5 Å². The lowest BCUT2D eigenvalue weighted by Gasteiger charge is -2.16. The van der Waals surface area contributed by atoms with Crippen molar-refractivity contribution in [2.45, 2.75) is 39.0 Å². The number of aromatic nitrogens is 3. The highest BCUT2D eigenvalue weighted by atomic mass is 35.5. The summed E-state index contributed by atoms with van der Waals surface area (Å²) in [6.07, 6.45) is 2.50. The number of aromatic amines is 1. The van der Waals surface area contributed by atoms with Crippen LogP contribution in [0.5, 0.6) is 0 Å². The van der Waals surface area contributed by atoms with Crippen LogP contribution in [-0.4, -0.2) is 33.2 Å². The van der Waals surface area contributed by atoms with Gasteiger partial charge in [0.1, 0.15) is 18.2 Å². The lowest BCUT2D eigenvalue weighted by atomic mass is 10.2. The Morgan fingerprint density at radius 1 is 1.58 bits per heavy atom. The van der Waals surface area contributed by atoms with Gasteiger partial charge < -0.3 is 19.8 Å². The zero-order chi connectivity index (χ0) is 17.4. The lowest BCUT2D eigenvalue weighted by Crippen LogP contribution is -2.21. The number of esters is 1. The van der Waals surface area contributed by atoms with E-state index in [0.29, 0.717) is 12.1 Å². The third kappa shape index (κ3) is 3.11. The summed E-state index contributed by atoms with van der Waals surface area (Å²) in [7, 11) is 0. The van der Waals surface area contributed by atoms with E-state index in [-0.39, 0.29) is 52.7 Å². The number of ether oxygens (including phenoxy) is 2. The van der Waals surface area contributed by atoms with Gasteiger partial charge in [-0.15, -0.1) is 0 Å². The molecule has 130 valence electrons. The van der Waals surface area contributed by atoms with Crippen molar-refractivity contribution >= 4 is 34.6 Å². The number of rotatable bonds is 4. The molecule has 3 N–H and O–H groups in total. The Kier molecular flexibility index (Phi) is 4.51. The van der Waals surface area contributed by atoms with E-state index in [9.17, 15) is 9.59 Å². The molecule has 1 aliphatic rings. The maximum Gasteiger partial charge on any atom is 0.308 e. The van der Waals surface area contributed by atoms with E-state index in [1.54, 1.807) is 24.6 Å². The van der Waals surface area contributed by atoms with Crippen LogP contribution in [0.3, 0.4) is 0 Å². The summed E-state index contributed by atoms with van der Waals surface area (Å²) in [6, 6.07) is 0. The molecule has 0 radical (unpaired) electrons. The SMILES string of the molecule is CC(C)C(=O)OCC1CCC(n2cc(Cl)c3c(=O)[nH]c(N)nc32)O1. The minimum absolute atomic E-state index is 0.0175. The van der Waals surface area contributed by atoms with Gasteiger partial charge in [-0.1, -0.05) is 25.4 Å². The number of nitrogens with zero attached hydrogens (tertiary/aromatic N) is 2. The standard InChI is InChI=1S/C15H19ClN4O4/c1-7(2)14(22)23-6-8-3-4-10(24-8)20-5-9(16)11-12(20)18-15(17)19-13(11)21/h5,7-8,10H,3-4,6H2,1-2H3,(H3,17,18,19,21). The highest BCUT2D eigenvalue weighted by Gasteiger charge is 2.30. The van der Waals surface area contributed by atoms with Crippen molar-refractivity contribution in [3.63, 3.8) is 0 Å². The molecule has 2 aromatic heterocycles. The summed E-state index contributed by atoms with van der Waals surface area (Å²) >= 11 is 6.14. The molecular weight excluding hydrogens is 336 g/mol. The quantitative estimate of drug-likeness (QED) is 0.810. The number of fused-ring (bicyclic) bond motifs is 1. The Morgan fingerprint density at radius 3 is 3.04 bits per heavy atom. The molecule has 2 atom stereocenters. The van der Waals surface area contributed by atoms with E-state index in [1.165, 1.54) is 0 Å². The first-order chi connectivity index (χ1) is 11.4. The number of H-pyrrole nitrogens is 1. The molecule has 1 fully saturated rings. The number of halogens is 1. The minimum atomic E-state index is -0.387. The van der Waals surface area contributed by atoms with Gasteiger partial charge in [0.2, 0.25) is 5.95 Å². The average molecular weight is 355 g/mol. The topological polar surface area (TPSA) is 112 Å². The molecule has 0 bridgehead atoms. The van der Waals surface area contributed by atoms with Crippen LogP contribution in [0.1, 0.15) is 32.9 Å². The molecule has 1 aliphatic heterocycles. The van der Waals surface area contributed by atoms with Gasteiger partial charge in [0, 0.05) is 6.20 Å². The Bertz CT molecular complexity index is 829. The van der Waals surface area contributed by atoms with Gasteiger partial charge in [-0.3, -0.25) is 14.6 Å². The number of hydrogen-bond acceptors (Lipinski definition) is 6. The number of hydrogen-bond donors (Lipinski definition) is 2. The van der Waals surface area contributed by atoms with Crippen molar-refractivity contribution < 1.29 is 14.3 Å². The molecule has 9 heteroatoms. The Balaban J connectivity index is 1.78. The second kappa shape index (κ2) is 6.45. The van der Waals surface area contributed by atoms with E-state index in [0.717, 1.165) is 6.42 Å². The van der Waals surface area contributed by atoms with Crippen LogP contribution >= 0.6 is 11.6 Å². The van der Waals surface area contributed by atoms with Crippen molar-refractivity contribution in [3.05, 3.63) is 21.6 Å². The summed E-state index contributed by atoms with van der Waals surface area (Å²) < 4.78 is 12.8. The summed E-state index contributed by atoms with van der Waals surface area (Å²) in [5.74, 6) is -0.408. The van der Waals surface area contributed by atoms with Crippen LogP contribution in [0.25, 0.3) is 11.0 Å². The first-order valence-corrected chi connectivity index (χ1v) is 8.12. The summed E-state index contributed by atoms with van der Waals surface area (Å²) in [4.78, 5) is 30.1. The van der Waals surface area contributed by atoms with E-state index >= 15 is 0 Å². The molecule has 0 saturated carbocycles. The fourth-order valence-corrected chi connectivity index (χ4v) is 2.98. The highest BCUT2D eigenvalue weighted by molar-refractivity contribution is 6.35. The van der Waals surface area contributed by atoms with Crippen molar-refractivity contribution in [1.29, 1.82) is 0 Å². The molecule has 24 heavy (non-hydrogen) atoms. The average Bonchev–Trinajstić information content (AvgIpc) is 3.09. The predicted molar refractivity (Wildman–Crippen MR) is 88.7 cm³/mol. The number of nitrogens with one attached hydrogen (secondary N) is 1. The third-order valence-corrected chi connectivity index (χ3v) is 4.22. The summed E-state index contributed by atoms with van der Waals surface area (Å²) in [5.41, 5.74) is 5.61. The van der Waals surface area contributed by atoms with Gasteiger partial charge in [0.15, 0.2) is 5.65 Å². The fourth-order valence-electron chi connectivity index (χ4n) is 2.70. The molecule has 0 spiro atoms. The van der Waals surface area contributed by atoms with Crippen LogP contribution < -0.4 is 11.3 Å². The maximum atomic E-state index is 12.0. The lowest BCUT2D eigenvalue weighted by molar-refractivity contribution is -0.152. The van der Waals surface area contributed by atoms with Crippen LogP contribution in [0.4, 0.5) is 5.95 Å². The molecule has 2 aromatic rings. The molecule has 0 aliphatic carbocycles. The third-order valence-electron chi connectivity index (χ3n) is 3.93. The van der Waals surface area contributed by atoms with Crippen LogP contribution in [-0.2, 0) is 14.3 Å². The van der Waals surface area contributed by atoms with E-state index in [1.807, 2.05) is 0 Å². The molecule has 3 rings (SSSR count). The normalized spacial score (nSPS) is 20.8. The number of nitrogen functional groups attached to an aromatic ring is 1. The maximum absolute atomic E-state index is 12.0. The van der Waals surface area contributed by atoms with Crippen LogP contribution in [0.15, 0.2) is 11.0 Å². The molecule has 1 saturated heterocycles. The summed E-state index contributed by atoms with van der Waals surface area (Å²) in [5, 5.41) is 0.571. The second-order valence-corrected chi connectivity index (χ2v) is 6.52. The van der Waals surface area contributed by atoms with E-state index < -0.39 is 0 Å². The number of carbonyl (C=O) groups is 1. The number of anilines is 1. The van der Waals surface area contributed by atoms with Crippen LogP contribution in [0, 0.1) is 5.92 Å². The zero-order valence-electron chi connectivity index (χ0n) is 13.4. The van der Waals surface area contributed by atoms with Gasteiger partial charge in [-0.2, -0.15) is 4.98 Å². The Labute approximate surface area is 142 Å². The predicted octanol–water partition coefficient (Wildman–Crippen LogP) is 1.84. The van der Waals surface area contributed by atoms with E-state index in [2.05, 4.69) is 9.97 Å². The van der Waals surface area contributed by atoms with Gasteiger partial charge in [0.25, 0.3) is 5.56 Å². The first-order valence-electron chi connectivity index (χ1n) is 7.74. The molecule has 2 unspecified atom stereocenters. The Hall–Kier alpha value is -2.06. The molecule has 0 amide bonds. The van der Waals surface area contributed by atoms with Crippen LogP contribution in [0.2, 0.25) is 5.02 Å². The first kappa shape index (κ1) is 16.8. The summed E-state index contributed by atoms with van der Waals surface area (Å²) in [6.45, 7) is 3.76. The number of carbonyl (C=O) groups excluding carboxylic acids is 1. The van der Waals surface area contributed by atoms with Gasteiger partial charge in [-0.05, 0) is 12.8 Å². The molecule has 3 heterocycles. The fraction of sp³-hybridized carbons (Fsp3) is 0.533. The number of nitrogens with two attached hydrogens (primary N) is 1. The monoisotopic (exact) mass is 354 g/mol. The highest BCUT2D eigenvalue weighted by Crippen LogP contribution is 2.33. The minimum Gasteiger partial charge on any atom is -0.463 e. The largest absolute Gasteiger partial charge is 0.463 e. The second-order valence-electron chi connectivity index (χ2n) is 6.11. The van der Waals surface area contributed by atoms with Crippen molar-refractivity contribution in [2.24, 2.45) is 5.92 Å². The Morgan fingerprint density at radius 2 is 2.33 bits per heavy atom. The smallest absolute Gasteiger partial charge is 0.308 e. The van der Waals surface area contributed by atoms with E-state index in [4.69, 9.17) is 26.8 Å². The van der Waals surface area contributed by atoms with Gasteiger partial charge >= 0.3 is 5.97 Å². The van der Waals surface area contributed by atoms with Gasteiger partial charge in [0.05, 0.1) is 17.0 Å². The zero-order valence-corrected chi connectivity index (χ0v) is 14.2. The van der Waals surface area contributed by atoms with Gasteiger partial charge in [-0.25, -0.2) is 0 Å². The molecule has 8 nitrogen and oxygen atoms in total. The van der Waals surface area contributed by atoms with Crippen molar-refractivity contribution in [2.75, 3.05) is 12.3 Å². The van der Waals surface area contributed by atoms with Crippen molar-refractivity contribution in [3.8, 4) is 0 Å². The molecular formula is C15H19ClN4O4.